The summed E-state index contributed by atoms with van der Waals surface area (Å²) < 4.78 is 5.48. The molecule has 0 saturated carbocycles. The first-order valence-electron chi connectivity index (χ1n) is 5.90. The predicted molar refractivity (Wildman–Crippen MR) is 74.2 cm³/mol. The van der Waals surface area contributed by atoms with Crippen LogP contribution < -0.4 is 5.32 Å². The lowest BCUT2D eigenvalue weighted by atomic mass is 10.3. The molecule has 0 saturated heterocycles. The maximum absolute atomic E-state index is 12.0. The van der Waals surface area contributed by atoms with Gasteiger partial charge in [-0.25, -0.2) is 4.98 Å². The van der Waals surface area contributed by atoms with E-state index in [0.717, 1.165) is 10.6 Å². The normalized spacial score (nSPS) is 10.8. The van der Waals surface area contributed by atoms with E-state index in [1.54, 1.807) is 17.4 Å². The Kier molecular flexibility index (Phi) is 3.05. The van der Waals surface area contributed by atoms with E-state index in [2.05, 4.69) is 10.3 Å². The van der Waals surface area contributed by atoms with Crippen LogP contribution in [0.15, 0.2) is 40.1 Å². The maximum Gasteiger partial charge on any atom is 0.287 e. The summed E-state index contributed by atoms with van der Waals surface area (Å²) in [6.45, 7) is 2.42. The minimum atomic E-state index is -0.218. The molecule has 1 N–H and O–H groups in total. The van der Waals surface area contributed by atoms with Crippen molar-refractivity contribution in [2.24, 2.45) is 0 Å². The van der Waals surface area contributed by atoms with Crippen LogP contribution in [0.25, 0.3) is 11.1 Å². The highest BCUT2D eigenvalue weighted by atomic mass is 32.1. The van der Waals surface area contributed by atoms with Crippen LogP contribution in [0.2, 0.25) is 0 Å². The van der Waals surface area contributed by atoms with Crippen molar-refractivity contribution >= 4 is 28.3 Å². The minimum absolute atomic E-state index is 0.218. The van der Waals surface area contributed by atoms with Gasteiger partial charge in [-0.3, -0.25) is 4.79 Å². The SMILES string of the molecule is Cc1ccc2oc(C(=O)NCc3cccs3)cc2n1. The Morgan fingerprint density at radius 3 is 3.11 bits per heavy atom. The monoisotopic (exact) mass is 272 g/mol. The molecule has 1 amide bonds. The van der Waals surface area contributed by atoms with Gasteiger partial charge in [0, 0.05) is 16.6 Å². The van der Waals surface area contributed by atoms with E-state index in [1.807, 2.05) is 36.6 Å². The highest BCUT2D eigenvalue weighted by Crippen LogP contribution is 2.18. The number of thiophene rings is 1. The molecule has 5 heteroatoms. The van der Waals surface area contributed by atoms with E-state index in [0.29, 0.717) is 23.4 Å². The Morgan fingerprint density at radius 1 is 1.42 bits per heavy atom. The number of nitrogens with zero attached hydrogens (tertiary/aromatic N) is 1. The second-order valence-electron chi connectivity index (χ2n) is 4.21. The van der Waals surface area contributed by atoms with Gasteiger partial charge in [-0.15, -0.1) is 11.3 Å². The van der Waals surface area contributed by atoms with Crippen molar-refractivity contribution in [3.05, 3.63) is 52.0 Å². The van der Waals surface area contributed by atoms with Crippen LogP contribution in [0.1, 0.15) is 21.1 Å². The number of pyridine rings is 1. The molecule has 0 aliphatic rings. The summed E-state index contributed by atoms with van der Waals surface area (Å²) in [6, 6.07) is 9.30. The molecule has 19 heavy (non-hydrogen) atoms. The van der Waals surface area contributed by atoms with Gasteiger partial charge in [0.2, 0.25) is 0 Å². The number of amides is 1. The van der Waals surface area contributed by atoms with Crippen molar-refractivity contribution in [1.82, 2.24) is 10.3 Å². The number of aryl methyl sites for hydroxylation is 1. The fraction of sp³-hybridized carbons (Fsp3) is 0.143. The zero-order chi connectivity index (χ0) is 13.2. The summed E-state index contributed by atoms with van der Waals surface area (Å²) in [5.74, 6) is 0.0775. The van der Waals surface area contributed by atoms with Gasteiger partial charge in [0.05, 0.1) is 6.54 Å². The van der Waals surface area contributed by atoms with Crippen LogP contribution in [0.3, 0.4) is 0 Å². The van der Waals surface area contributed by atoms with Gasteiger partial charge in [-0.05, 0) is 30.5 Å². The third-order valence-corrected chi connectivity index (χ3v) is 3.62. The van der Waals surface area contributed by atoms with Crippen LogP contribution in [0.4, 0.5) is 0 Å². The van der Waals surface area contributed by atoms with Gasteiger partial charge in [0.15, 0.2) is 11.3 Å². The molecular formula is C14H12N2O2S. The Hall–Kier alpha value is -2.14. The summed E-state index contributed by atoms with van der Waals surface area (Å²) in [5, 5.41) is 4.81. The summed E-state index contributed by atoms with van der Waals surface area (Å²) in [7, 11) is 0. The number of aromatic nitrogens is 1. The molecule has 0 unspecified atom stereocenters. The van der Waals surface area contributed by atoms with Crippen molar-refractivity contribution in [2.75, 3.05) is 0 Å². The standard InChI is InChI=1S/C14H12N2O2S/c1-9-4-5-12-11(16-9)7-13(18-12)14(17)15-8-10-3-2-6-19-10/h2-7H,8H2,1H3,(H,15,17). The molecule has 0 aliphatic carbocycles. The summed E-state index contributed by atoms with van der Waals surface area (Å²) in [6.07, 6.45) is 0. The molecule has 4 nitrogen and oxygen atoms in total. The molecule has 3 heterocycles. The van der Waals surface area contributed by atoms with Gasteiger partial charge >= 0.3 is 0 Å². The number of hydrogen-bond acceptors (Lipinski definition) is 4. The Bertz CT molecular complexity index is 716. The second kappa shape index (κ2) is 4.85. The molecule has 0 spiro atoms. The summed E-state index contributed by atoms with van der Waals surface area (Å²) in [4.78, 5) is 17.4. The number of nitrogens with one attached hydrogen (secondary N) is 1. The lowest BCUT2D eigenvalue weighted by Gasteiger charge is -1.99. The largest absolute Gasteiger partial charge is 0.449 e. The number of fused-ring (bicyclic) bond motifs is 1. The number of furan rings is 1. The number of carbonyl (C=O) groups excluding carboxylic acids is 1. The van der Waals surface area contributed by atoms with E-state index in [4.69, 9.17) is 4.42 Å². The first-order chi connectivity index (χ1) is 9.22. The van der Waals surface area contributed by atoms with E-state index >= 15 is 0 Å². The topological polar surface area (TPSA) is 55.1 Å². The lowest BCUT2D eigenvalue weighted by Crippen LogP contribution is -2.21. The molecule has 3 aromatic heterocycles. The van der Waals surface area contributed by atoms with Crippen molar-refractivity contribution in [3.8, 4) is 0 Å². The lowest BCUT2D eigenvalue weighted by molar-refractivity contribution is 0.0926. The number of rotatable bonds is 3. The Morgan fingerprint density at radius 2 is 2.32 bits per heavy atom. The smallest absolute Gasteiger partial charge is 0.287 e. The van der Waals surface area contributed by atoms with Crippen LogP contribution in [-0.4, -0.2) is 10.9 Å². The quantitative estimate of drug-likeness (QED) is 0.797. The molecular weight excluding hydrogens is 260 g/mol. The zero-order valence-corrected chi connectivity index (χ0v) is 11.2. The van der Waals surface area contributed by atoms with Crippen molar-refractivity contribution in [2.45, 2.75) is 13.5 Å². The molecule has 96 valence electrons. The number of hydrogen-bond donors (Lipinski definition) is 1. The zero-order valence-electron chi connectivity index (χ0n) is 10.3. The molecule has 0 fully saturated rings. The van der Waals surface area contributed by atoms with Gasteiger partial charge in [0.1, 0.15) is 5.52 Å². The van der Waals surface area contributed by atoms with Crippen LogP contribution in [0, 0.1) is 6.92 Å². The fourth-order valence-corrected chi connectivity index (χ4v) is 2.45. The first kappa shape index (κ1) is 11.9. The summed E-state index contributed by atoms with van der Waals surface area (Å²) >= 11 is 1.61. The third-order valence-electron chi connectivity index (χ3n) is 2.74. The van der Waals surface area contributed by atoms with E-state index in [-0.39, 0.29) is 5.91 Å². The Balaban J connectivity index is 1.77. The molecule has 0 atom stereocenters. The van der Waals surface area contributed by atoms with Crippen molar-refractivity contribution in [1.29, 1.82) is 0 Å². The van der Waals surface area contributed by atoms with Gasteiger partial charge in [0.25, 0.3) is 5.91 Å². The van der Waals surface area contributed by atoms with E-state index in [9.17, 15) is 4.79 Å². The van der Waals surface area contributed by atoms with E-state index in [1.165, 1.54) is 0 Å². The molecule has 3 aromatic rings. The highest BCUT2D eigenvalue weighted by molar-refractivity contribution is 7.09. The maximum atomic E-state index is 12.0. The van der Waals surface area contributed by atoms with E-state index < -0.39 is 0 Å². The average Bonchev–Trinajstić information content (AvgIpc) is 3.04. The third kappa shape index (κ3) is 2.51. The first-order valence-corrected chi connectivity index (χ1v) is 6.78. The molecule has 0 radical (unpaired) electrons. The van der Waals surface area contributed by atoms with Crippen molar-refractivity contribution in [3.63, 3.8) is 0 Å². The van der Waals surface area contributed by atoms with Gasteiger partial charge in [-0.1, -0.05) is 6.07 Å². The van der Waals surface area contributed by atoms with Crippen LogP contribution in [0.5, 0.6) is 0 Å². The molecule has 0 aliphatic heterocycles. The van der Waals surface area contributed by atoms with Crippen LogP contribution >= 0.6 is 11.3 Å². The summed E-state index contributed by atoms with van der Waals surface area (Å²) in [5.41, 5.74) is 2.24. The highest BCUT2D eigenvalue weighted by Gasteiger charge is 2.12. The molecule has 0 aromatic carbocycles. The second-order valence-corrected chi connectivity index (χ2v) is 5.24. The molecule has 3 rings (SSSR count). The Labute approximate surface area is 114 Å². The molecule has 0 bridgehead atoms. The average molecular weight is 272 g/mol. The fourth-order valence-electron chi connectivity index (χ4n) is 1.81. The van der Waals surface area contributed by atoms with Gasteiger partial charge in [-0.2, -0.15) is 0 Å². The van der Waals surface area contributed by atoms with Crippen molar-refractivity contribution < 1.29 is 9.21 Å². The minimum Gasteiger partial charge on any atom is -0.449 e. The predicted octanol–water partition coefficient (Wildman–Crippen LogP) is 3.13. The van der Waals surface area contributed by atoms with Crippen LogP contribution in [-0.2, 0) is 6.54 Å². The number of carbonyl (C=O) groups is 1. The van der Waals surface area contributed by atoms with Gasteiger partial charge < -0.3 is 9.73 Å².